The molecular weight excluding hydrogens is 264 g/mol. The fourth-order valence-corrected chi connectivity index (χ4v) is 4.31. The molecule has 1 aliphatic carbocycles. The molecule has 2 N–H and O–H groups in total. The smallest absolute Gasteiger partial charge is 0.106 e. The molecule has 0 aromatic heterocycles. The van der Waals surface area contributed by atoms with Crippen molar-refractivity contribution in [2.24, 2.45) is 11.7 Å². The van der Waals surface area contributed by atoms with Gasteiger partial charge in [-0.25, -0.2) is 0 Å². The molecule has 1 saturated carbocycles. The molecule has 2 nitrogen and oxygen atoms in total. The maximum atomic E-state index is 5.95. The van der Waals surface area contributed by atoms with E-state index in [0.29, 0.717) is 11.0 Å². The van der Waals surface area contributed by atoms with E-state index in [1.165, 1.54) is 49.8 Å². The molecule has 1 aliphatic heterocycles. The lowest BCUT2D eigenvalue weighted by Crippen LogP contribution is -2.36. The Kier molecular flexibility index (Phi) is 3.97. The van der Waals surface area contributed by atoms with Crippen molar-refractivity contribution >= 4 is 22.9 Å². The van der Waals surface area contributed by atoms with Crippen LogP contribution >= 0.6 is 12.2 Å². The van der Waals surface area contributed by atoms with E-state index in [1.54, 1.807) is 0 Å². The highest BCUT2D eigenvalue weighted by atomic mass is 32.1. The first-order valence-electron chi connectivity index (χ1n) is 7.84. The number of thiocarbonyl (C=S) groups is 1. The van der Waals surface area contributed by atoms with Crippen molar-refractivity contribution in [1.82, 2.24) is 0 Å². The van der Waals surface area contributed by atoms with Crippen molar-refractivity contribution < 1.29 is 0 Å². The van der Waals surface area contributed by atoms with Crippen LogP contribution in [0.4, 0.5) is 5.69 Å². The lowest BCUT2D eigenvalue weighted by atomic mass is 9.94. The first-order valence-corrected chi connectivity index (χ1v) is 8.25. The summed E-state index contributed by atoms with van der Waals surface area (Å²) in [4.78, 5) is 3.14. The Morgan fingerprint density at radius 1 is 1.20 bits per heavy atom. The van der Waals surface area contributed by atoms with Crippen molar-refractivity contribution in [3.8, 4) is 0 Å². The third-order valence-corrected chi connectivity index (χ3v) is 5.25. The van der Waals surface area contributed by atoms with Gasteiger partial charge in [0, 0.05) is 18.2 Å². The van der Waals surface area contributed by atoms with Crippen LogP contribution in [-0.4, -0.2) is 17.6 Å². The maximum Gasteiger partial charge on any atom is 0.106 e. The minimum atomic E-state index is 0.528. The first-order chi connectivity index (χ1) is 9.68. The summed E-state index contributed by atoms with van der Waals surface area (Å²) in [5, 5.41) is 0. The quantitative estimate of drug-likeness (QED) is 0.858. The molecule has 108 valence electrons. The van der Waals surface area contributed by atoms with Crippen LogP contribution in [0, 0.1) is 12.8 Å². The summed E-state index contributed by atoms with van der Waals surface area (Å²) >= 11 is 5.27. The number of hydrogen-bond acceptors (Lipinski definition) is 2. The van der Waals surface area contributed by atoms with Gasteiger partial charge in [-0.15, -0.1) is 0 Å². The predicted molar refractivity (Wildman–Crippen MR) is 89.4 cm³/mol. The van der Waals surface area contributed by atoms with Gasteiger partial charge >= 0.3 is 0 Å². The Hall–Kier alpha value is -1.09. The van der Waals surface area contributed by atoms with E-state index >= 15 is 0 Å². The molecule has 2 aliphatic rings. The lowest BCUT2D eigenvalue weighted by Gasteiger charge is -2.33. The van der Waals surface area contributed by atoms with Crippen LogP contribution in [0.2, 0.25) is 0 Å². The monoisotopic (exact) mass is 288 g/mol. The number of aryl methyl sites for hydroxylation is 1. The Balaban J connectivity index is 1.96. The highest BCUT2D eigenvalue weighted by Crippen LogP contribution is 2.39. The number of hydrogen-bond donors (Lipinski definition) is 1. The largest absolute Gasteiger partial charge is 0.389 e. The van der Waals surface area contributed by atoms with Gasteiger partial charge in [0.05, 0.1) is 5.69 Å². The number of nitrogens with two attached hydrogens (primary N) is 1. The normalized spacial score (nSPS) is 23.4. The molecule has 1 heterocycles. The lowest BCUT2D eigenvalue weighted by molar-refractivity contribution is 0.430. The van der Waals surface area contributed by atoms with Crippen LogP contribution in [0.1, 0.15) is 49.7 Å². The Labute approximate surface area is 127 Å². The number of nitrogens with zero attached hydrogens (tertiary/aromatic N) is 1. The van der Waals surface area contributed by atoms with Crippen LogP contribution in [0.25, 0.3) is 0 Å². The van der Waals surface area contributed by atoms with Crippen molar-refractivity contribution in [1.29, 1.82) is 0 Å². The van der Waals surface area contributed by atoms with E-state index < -0.39 is 0 Å². The van der Waals surface area contributed by atoms with Gasteiger partial charge in [-0.05, 0) is 50.2 Å². The second kappa shape index (κ2) is 5.72. The van der Waals surface area contributed by atoms with Gasteiger partial charge in [0.1, 0.15) is 4.99 Å². The zero-order valence-electron chi connectivity index (χ0n) is 12.3. The van der Waals surface area contributed by atoms with Gasteiger partial charge in [0.15, 0.2) is 0 Å². The summed E-state index contributed by atoms with van der Waals surface area (Å²) in [6.07, 6.45) is 8.24. The summed E-state index contributed by atoms with van der Waals surface area (Å²) < 4.78 is 0. The van der Waals surface area contributed by atoms with E-state index in [1.807, 2.05) is 0 Å². The molecule has 0 radical (unpaired) electrons. The van der Waals surface area contributed by atoms with Gasteiger partial charge in [-0.2, -0.15) is 0 Å². The Morgan fingerprint density at radius 3 is 2.65 bits per heavy atom. The van der Waals surface area contributed by atoms with Crippen LogP contribution < -0.4 is 10.6 Å². The molecular formula is C17H24N2S. The Bertz CT molecular complexity index is 506. The van der Waals surface area contributed by atoms with Gasteiger partial charge in [-0.3, -0.25) is 0 Å². The Morgan fingerprint density at radius 2 is 1.95 bits per heavy atom. The molecule has 1 aromatic rings. The minimum absolute atomic E-state index is 0.528. The second-order valence-electron chi connectivity index (χ2n) is 6.28. The van der Waals surface area contributed by atoms with E-state index in [2.05, 4.69) is 30.0 Å². The van der Waals surface area contributed by atoms with Crippen LogP contribution in [0.5, 0.6) is 0 Å². The third-order valence-electron chi connectivity index (χ3n) is 5.03. The van der Waals surface area contributed by atoms with Gasteiger partial charge < -0.3 is 10.6 Å². The van der Waals surface area contributed by atoms with E-state index in [-0.39, 0.29) is 0 Å². The molecule has 20 heavy (non-hydrogen) atoms. The number of rotatable bonds is 3. The maximum absolute atomic E-state index is 5.95. The average molecular weight is 288 g/mol. The zero-order chi connectivity index (χ0) is 14.1. The van der Waals surface area contributed by atoms with Crippen LogP contribution in [0.15, 0.2) is 18.2 Å². The van der Waals surface area contributed by atoms with Crippen molar-refractivity contribution in [2.45, 2.75) is 51.5 Å². The molecule has 1 aromatic carbocycles. The van der Waals surface area contributed by atoms with Crippen molar-refractivity contribution in [2.75, 3.05) is 11.4 Å². The number of para-hydroxylation sites is 1. The molecule has 3 heteroatoms. The van der Waals surface area contributed by atoms with Gasteiger partial charge in [-0.1, -0.05) is 37.2 Å². The number of anilines is 1. The van der Waals surface area contributed by atoms with Crippen molar-refractivity contribution in [3.05, 3.63) is 29.3 Å². The summed E-state index contributed by atoms with van der Waals surface area (Å²) in [6, 6.07) is 7.02. The van der Waals surface area contributed by atoms with Gasteiger partial charge in [0.25, 0.3) is 0 Å². The fourth-order valence-electron chi connectivity index (χ4n) is 4.14. The summed E-state index contributed by atoms with van der Waals surface area (Å²) in [6.45, 7) is 3.34. The minimum Gasteiger partial charge on any atom is -0.389 e. The molecule has 0 bridgehead atoms. The summed E-state index contributed by atoms with van der Waals surface area (Å²) in [7, 11) is 0. The van der Waals surface area contributed by atoms with E-state index in [0.717, 1.165) is 18.0 Å². The molecule has 1 unspecified atom stereocenters. The molecule has 0 spiro atoms. The topological polar surface area (TPSA) is 29.3 Å². The SMILES string of the molecule is Cc1cccc(C(N)=S)c1N1CCCC1C1CCCC1. The predicted octanol–water partition coefficient (Wildman–Crippen LogP) is 3.79. The molecule has 3 rings (SSSR count). The fraction of sp³-hybridized carbons (Fsp3) is 0.588. The highest BCUT2D eigenvalue weighted by molar-refractivity contribution is 7.80. The van der Waals surface area contributed by atoms with Crippen LogP contribution in [0.3, 0.4) is 0 Å². The summed E-state index contributed by atoms with van der Waals surface area (Å²) in [5.41, 5.74) is 9.62. The third kappa shape index (κ3) is 2.44. The standard InChI is InChI=1S/C17H24N2S/c1-12-6-4-9-14(17(18)20)16(12)19-11-5-10-15(19)13-7-2-3-8-13/h4,6,9,13,15H,2-3,5,7-8,10-11H2,1H3,(H2,18,20). The molecule has 0 amide bonds. The van der Waals surface area contributed by atoms with E-state index in [9.17, 15) is 0 Å². The molecule has 1 saturated heterocycles. The molecule has 1 atom stereocenters. The zero-order valence-corrected chi connectivity index (χ0v) is 13.1. The highest BCUT2D eigenvalue weighted by Gasteiger charge is 2.34. The molecule has 2 fully saturated rings. The first kappa shape index (κ1) is 13.9. The van der Waals surface area contributed by atoms with Crippen molar-refractivity contribution in [3.63, 3.8) is 0 Å². The number of benzene rings is 1. The van der Waals surface area contributed by atoms with Crippen LogP contribution in [-0.2, 0) is 0 Å². The average Bonchev–Trinajstić information content (AvgIpc) is 3.08. The summed E-state index contributed by atoms with van der Waals surface area (Å²) in [5.74, 6) is 0.872. The van der Waals surface area contributed by atoms with E-state index in [4.69, 9.17) is 18.0 Å². The van der Waals surface area contributed by atoms with Gasteiger partial charge in [0.2, 0.25) is 0 Å². The second-order valence-corrected chi connectivity index (χ2v) is 6.72.